The van der Waals surface area contributed by atoms with Gasteiger partial charge in [-0.15, -0.1) is 0 Å². The van der Waals surface area contributed by atoms with Crippen LogP contribution in [0.15, 0.2) is 30.3 Å². The van der Waals surface area contributed by atoms with Crippen molar-refractivity contribution in [1.29, 1.82) is 21.2 Å². The van der Waals surface area contributed by atoms with Crippen molar-refractivity contribution >= 4 is 5.90 Å². The highest BCUT2D eigenvalue weighted by atomic mass is 16.7. The molecular weight excluding hydrogens is 316 g/mol. The molecule has 0 aliphatic carbocycles. The molecule has 0 aromatic heterocycles. The first-order valence-corrected chi connectivity index (χ1v) is 8.20. The van der Waals surface area contributed by atoms with Gasteiger partial charge in [0.15, 0.2) is 10.8 Å². The monoisotopic (exact) mass is 334 g/mol. The highest BCUT2D eigenvalue weighted by Gasteiger charge is 2.78. The predicted molar refractivity (Wildman–Crippen MR) is 87.6 cm³/mol. The lowest BCUT2D eigenvalue weighted by Crippen LogP contribution is -2.71. The number of fused-ring (bicyclic) bond motifs is 3. The van der Waals surface area contributed by atoms with Crippen LogP contribution in [0.1, 0.15) is 38.4 Å². The van der Waals surface area contributed by atoms with E-state index in [1.54, 1.807) is 31.2 Å². The number of hydrogen-bond donors (Lipinski definition) is 1. The quantitative estimate of drug-likeness (QED) is 0.909. The zero-order chi connectivity index (χ0) is 18.3. The van der Waals surface area contributed by atoms with E-state index in [1.807, 2.05) is 13.0 Å². The second-order valence-electron chi connectivity index (χ2n) is 6.65. The van der Waals surface area contributed by atoms with E-state index < -0.39 is 28.6 Å². The molecule has 3 heterocycles. The van der Waals surface area contributed by atoms with Crippen LogP contribution in [0.3, 0.4) is 0 Å². The van der Waals surface area contributed by atoms with Crippen LogP contribution in [0.4, 0.5) is 0 Å². The fourth-order valence-corrected chi connectivity index (χ4v) is 4.22. The maximum Gasteiger partial charge on any atom is 0.215 e. The summed E-state index contributed by atoms with van der Waals surface area (Å²) >= 11 is 0. The summed E-state index contributed by atoms with van der Waals surface area (Å²) in [6, 6.07) is 15.2. The SMILES string of the molecule is CCCC1C2(C)OC(=N)C(C#N)(C(c3ccccc3)O2)C1(C#N)C#N. The van der Waals surface area contributed by atoms with Gasteiger partial charge >= 0.3 is 0 Å². The van der Waals surface area contributed by atoms with Crippen molar-refractivity contribution < 1.29 is 9.47 Å². The Labute approximate surface area is 146 Å². The van der Waals surface area contributed by atoms with E-state index >= 15 is 0 Å². The summed E-state index contributed by atoms with van der Waals surface area (Å²) in [5, 5.41) is 38.5. The van der Waals surface area contributed by atoms with Gasteiger partial charge in [0.2, 0.25) is 11.7 Å². The first kappa shape index (κ1) is 17.0. The van der Waals surface area contributed by atoms with Crippen molar-refractivity contribution in [2.24, 2.45) is 16.7 Å². The minimum atomic E-state index is -1.81. The molecule has 0 amide bonds. The van der Waals surface area contributed by atoms with Crippen molar-refractivity contribution in [3.05, 3.63) is 35.9 Å². The number of ether oxygens (including phenoxy) is 2. The van der Waals surface area contributed by atoms with Gasteiger partial charge in [0.1, 0.15) is 6.10 Å². The van der Waals surface area contributed by atoms with E-state index in [4.69, 9.17) is 14.9 Å². The van der Waals surface area contributed by atoms with Gasteiger partial charge in [-0.05, 0) is 12.0 Å². The molecule has 3 fully saturated rings. The van der Waals surface area contributed by atoms with Gasteiger partial charge in [0, 0.05) is 6.92 Å². The van der Waals surface area contributed by atoms with Crippen LogP contribution in [-0.4, -0.2) is 11.7 Å². The Balaban J connectivity index is 2.33. The molecule has 25 heavy (non-hydrogen) atoms. The Morgan fingerprint density at radius 2 is 1.76 bits per heavy atom. The molecule has 0 radical (unpaired) electrons. The van der Waals surface area contributed by atoms with E-state index in [-0.39, 0.29) is 5.90 Å². The lowest BCUT2D eigenvalue weighted by molar-refractivity contribution is -0.343. The molecule has 4 atom stereocenters. The van der Waals surface area contributed by atoms with Gasteiger partial charge in [0.25, 0.3) is 0 Å². The smallest absolute Gasteiger partial charge is 0.215 e. The van der Waals surface area contributed by atoms with Crippen LogP contribution in [0.2, 0.25) is 0 Å². The lowest BCUT2D eigenvalue weighted by Gasteiger charge is -2.61. The molecule has 1 N–H and O–H groups in total. The van der Waals surface area contributed by atoms with Gasteiger partial charge in [0.05, 0.1) is 24.1 Å². The standard InChI is InChI=1S/C19H18N4O2/c1-3-7-14-17(2)24-15(13-8-5-4-6-9-13)19(12-22,16(23)25-17)18(14,10-20)11-21/h4-6,8-9,14-15,23H,3,7H2,1-2H3. The number of rotatable bonds is 3. The highest BCUT2D eigenvalue weighted by molar-refractivity contribution is 5.88. The van der Waals surface area contributed by atoms with Crippen LogP contribution in [0, 0.1) is 56.2 Å². The maximum absolute atomic E-state index is 10.1. The maximum atomic E-state index is 10.1. The largest absolute Gasteiger partial charge is 0.448 e. The predicted octanol–water partition coefficient (Wildman–Crippen LogP) is 3.44. The Morgan fingerprint density at radius 3 is 2.28 bits per heavy atom. The third-order valence-electron chi connectivity index (χ3n) is 5.39. The normalized spacial score (nSPS) is 35.1. The van der Waals surface area contributed by atoms with Gasteiger partial charge in [-0.25, -0.2) is 0 Å². The Morgan fingerprint density at radius 1 is 1.12 bits per heavy atom. The molecule has 3 aliphatic heterocycles. The molecule has 1 aromatic rings. The van der Waals surface area contributed by atoms with Crippen LogP contribution < -0.4 is 0 Å². The molecule has 6 nitrogen and oxygen atoms in total. The van der Waals surface area contributed by atoms with Gasteiger partial charge in [-0.3, -0.25) is 5.41 Å². The third-order valence-corrected chi connectivity index (χ3v) is 5.39. The number of hydrogen-bond acceptors (Lipinski definition) is 6. The number of benzene rings is 1. The van der Waals surface area contributed by atoms with E-state index in [9.17, 15) is 15.8 Å². The van der Waals surface area contributed by atoms with Crippen LogP contribution >= 0.6 is 0 Å². The molecule has 126 valence electrons. The molecule has 0 saturated carbocycles. The Kier molecular flexibility index (Phi) is 3.79. The first-order valence-electron chi connectivity index (χ1n) is 8.20. The second kappa shape index (κ2) is 5.59. The summed E-state index contributed by atoms with van der Waals surface area (Å²) in [5.41, 5.74) is -2.89. The van der Waals surface area contributed by atoms with Gasteiger partial charge < -0.3 is 9.47 Å². The summed E-state index contributed by atoms with van der Waals surface area (Å²) in [6.07, 6.45) is 0.260. The van der Waals surface area contributed by atoms with E-state index in [1.165, 1.54) is 0 Å². The number of nitrogens with zero attached hydrogens (tertiary/aromatic N) is 3. The molecule has 0 spiro atoms. The topological polar surface area (TPSA) is 114 Å². The average Bonchev–Trinajstić information content (AvgIpc) is 2.63. The molecule has 6 heteroatoms. The zero-order valence-corrected chi connectivity index (χ0v) is 14.1. The molecule has 1 aromatic carbocycles. The van der Waals surface area contributed by atoms with Crippen molar-refractivity contribution in [1.82, 2.24) is 0 Å². The molecule has 3 aliphatic rings. The third kappa shape index (κ3) is 1.88. The fourth-order valence-electron chi connectivity index (χ4n) is 4.22. The summed E-state index contributed by atoms with van der Waals surface area (Å²) < 4.78 is 11.8. The van der Waals surface area contributed by atoms with Crippen molar-refractivity contribution in [3.8, 4) is 18.2 Å². The molecule has 4 rings (SSSR count). The van der Waals surface area contributed by atoms with Crippen LogP contribution in [-0.2, 0) is 9.47 Å². The van der Waals surface area contributed by atoms with Crippen molar-refractivity contribution in [2.45, 2.75) is 38.6 Å². The number of nitrogens with one attached hydrogen (secondary N) is 1. The second-order valence-corrected chi connectivity index (χ2v) is 6.65. The van der Waals surface area contributed by atoms with Crippen LogP contribution in [0.25, 0.3) is 0 Å². The van der Waals surface area contributed by atoms with Crippen molar-refractivity contribution in [3.63, 3.8) is 0 Å². The summed E-state index contributed by atoms with van der Waals surface area (Å²) in [6.45, 7) is 3.59. The van der Waals surface area contributed by atoms with E-state index in [0.717, 1.165) is 0 Å². The van der Waals surface area contributed by atoms with Gasteiger partial charge in [-0.1, -0.05) is 43.7 Å². The van der Waals surface area contributed by atoms with Gasteiger partial charge in [-0.2, -0.15) is 15.8 Å². The summed E-state index contributed by atoms with van der Waals surface area (Å²) in [7, 11) is 0. The minimum absolute atomic E-state index is 0.368. The van der Waals surface area contributed by atoms with Crippen molar-refractivity contribution in [2.75, 3.05) is 0 Å². The van der Waals surface area contributed by atoms with E-state index in [2.05, 4.69) is 18.2 Å². The fraction of sp³-hybridized carbons (Fsp3) is 0.474. The number of nitriles is 3. The molecule has 2 bridgehead atoms. The minimum Gasteiger partial charge on any atom is -0.448 e. The first-order chi connectivity index (χ1) is 12.0. The summed E-state index contributed by atoms with van der Waals surface area (Å²) in [4.78, 5) is 0. The lowest BCUT2D eigenvalue weighted by atomic mass is 9.50. The Bertz CT molecular complexity index is 818. The molecular formula is C19H18N4O2. The zero-order valence-electron chi connectivity index (χ0n) is 14.1. The van der Waals surface area contributed by atoms with E-state index in [0.29, 0.717) is 18.4 Å². The molecule has 4 unspecified atom stereocenters. The molecule has 3 saturated heterocycles. The Hall–Kier alpha value is -2.88. The van der Waals surface area contributed by atoms with Crippen LogP contribution in [0.5, 0.6) is 0 Å². The summed E-state index contributed by atoms with van der Waals surface area (Å²) in [5.74, 6) is -2.31. The average molecular weight is 334 g/mol. The highest BCUT2D eigenvalue weighted by Crippen LogP contribution is 2.67.